The first-order valence-corrected chi connectivity index (χ1v) is 8.69. The Morgan fingerprint density at radius 1 is 1.19 bits per heavy atom. The fourth-order valence-electron chi connectivity index (χ4n) is 3.51. The van der Waals surface area contributed by atoms with E-state index in [2.05, 4.69) is 0 Å². The highest BCUT2D eigenvalue weighted by molar-refractivity contribution is 7.86. The summed E-state index contributed by atoms with van der Waals surface area (Å²) in [5, 5.41) is 0.229. The zero-order valence-corrected chi connectivity index (χ0v) is 12.5. The number of hydrogen-bond acceptors (Lipinski definition) is 2. The first-order valence-electron chi connectivity index (χ1n) is 7.41. The Hall–Kier alpha value is -1.10. The third-order valence-corrected chi connectivity index (χ3v) is 6.83. The van der Waals surface area contributed by atoms with E-state index in [1.807, 2.05) is 0 Å². The quantitative estimate of drug-likeness (QED) is 0.859. The highest BCUT2D eigenvalue weighted by atomic mass is 32.2. The summed E-state index contributed by atoms with van der Waals surface area (Å²) in [6.07, 6.45) is 4.13. The fraction of sp³-hybridized carbons (Fsp3) is 0.562. The maximum absolute atomic E-state index is 13.6. The van der Waals surface area contributed by atoms with Crippen LogP contribution in [0.15, 0.2) is 18.2 Å². The van der Waals surface area contributed by atoms with E-state index in [1.165, 1.54) is 12.1 Å². The highest BCUT2D eigenvalue weighted by Crippen LogP contribution is 2.37. The normalized spacial score (nSPS) is 31.9. The van der Waals surface area contributed by atoms with Crippen LogP contribution in [-0.2, 0) is 22.0 Å². The second kappa shape index (κ2) is 5.95. The maximum Gasteiger partial charge on any atom is 0.162 e. The predicted molar refractivity (Wildman–Crippen MR) is 77.4 cm³/mol. The molecule has 2 fully saturated rings. The van der Waals surface area contributed by atoms with Crippen molar-refractivity contribution in [2.24, 2.45) is 5.92 Å². The third-order valence-electron chi connectivity index (χ3n) is 4.66. The molecule has 0 aromatic heterocycles. The number of Topliss-reactive ketones (excluding diaryl/α,β-unsaturated/α-hetero) is 1. The monoisotopic (exact) mass is 312 g/mol. The minimum atomic E-state index is -0.926. The number of halogens is 2. The summed E-state index contributed by atoms with van der Waals surface area (Å²) >= 11 is 0. The van der Waals surface area contributed by atoms with Gasteiger partial charge in [0.1, 0.15) is 5.78 Å². The van der Waals surface area contributed by atoms with Crippen LogP contribution in [0, 0.1) is 17.6 Å². The average Bonchev–Trinajstić information content (AvgIpc) is 2.43. The summed E-state index contributed by atoms with van der Waals surface area (Å²) in [6.45, 7) is 0. The summed E-state index contributed by atoms with van der Waals surface area (Å²) in [5.74, 6) is -2.04. The fourth-order valence-corrected chi connectivity index (χ4v) is 5.70. The first-order chi connectivity index (χ1) is 10.1. The third kappa shape index (κ3) is 2.93. The molecular formula is C16H18F2O2S. The van der Waals surface area contributed by atoms with Crippen LogP contribution in [0.1, 0.15) is 37.7 Å². The zero-order chi connectivity index (χ0) is 15.0. The average molecular weight is 312 g/mol. The lowest BCUT2D eigenvalue weighted by Crippen LogP contribution is -2.41. The molecule has 2 saturated heterocycles. The molecule has 2 aliphatic heterocycles. The maximum atomic E-state index is 13.6. The van der Waals surface area contributed by atoms with E-state index in [4.69, 9.17) is 0 Å². The lowest BCUT2D eigenvalue weighted by molar-refractivity contribution is -0.122. The molecule has 0 spiro atoms. The number of rotatable bonds is 3. The molecule has 2 heterocycles. The molecule has 1 aromatic rings. The van der Waals surface area contributed by atoms with Gasteiger partial charge in [-0.3, -0.25) is 9.00 Å². The number of ketones is 1. The molecule has 0 amide bonds. The van der Waals surface area contributed by atoms with E-state index in [1.54, 1.807) is 0 Å². The topological polar surface area (TPSA) is 34.1 Å². The molecule has 0 radical (unpaired) electrons. The van der Waals surface area contributed by atoms with Gasteiger partial charge in [-0.25, -0.2) is 8.78 Å². The van der Waals surface area contributed by atoms with Crippen molar-refractivity contribution in [3.63, 3.8) is 0 Å². The van der Waals surface area contributed by atoms with Gasteiger partial charge in [0.05, 0.1) is 0 Å². The second-order valence-corrected chi connectivity index (χ2v) is 8.02. The minimum Gasteiger partial charge on any atom is -0.299 e. The molecule has 2 aliphatic rings. The van der Waals surface area contributed by atoms with Crippen molar-refractivity contribution in [1.82, 2.24) is 0 Å². The summed E-state index contributed by atoms with van der Waals surface area (Å²) in [6, 6.07) is 3.93. The van der Waals surface area contributed by atoms with Gasteiger partial charge in [0.2, 0.25) is 0 Å². The van der Waals surface area contributed by atoms with E-state index < -0.39 is 22.4 Å². The number of carbonyl (C=O) groups excluding carboxylic acids is 1. The van der Waals surface area contributed by atoms with Crippen molar-refractivity contribution in [2.45, 2.75) is 49.0 Å². The number of benzene rings is 1. The van der Waals surface area contributed by atoms with Gasteiger partial charge in [0.25, 0.3) is 0 Å². The molecule has 5 heteroatoms. The van der Waals surface area contributed by atoms with Crippen LogP contribution in [0.3, 0.4) is 0 Å². The zero-order valence-electron chi connectivity index (χ0n) is 11.7. The summed E-state index contributed by atoms with van der Waals surface area (Å²) < 4.78 is 39.0. The van der Waals surface area contributed by atoms with Gasteiger partial charge in [-0.15, -0.1) is 0 Å². The molecule has 3 rings (SSSR count). The molecule has 114 valence electrons. The second-order valence-electron chi connectivity index (χ2n) is 6.03. The van der Waals surface area contributed by atoms with Crippen molar-refractivity contribution in [1.29, 1.82) is 0 Å². The van der Waals surface area contributed by atoms with E-state index in [0.29, 0.717) is 12.8 Å². The minimum absolute atomic E-state index is 0.0481. The molecule has 0 aliphatic carbocycles. The number of hydrogen-bond donors (Lipinski definition) is 0. The van der Waals surface area contributed by atoms with Crippen molar-refractivity contribution < 1.29 is 17.8 Å². The number of fused-ring (bicyclic) bond motifs is 2. The van der Waals surface area contributed by atoms with Gasteiger partial charge < -0.3 is 0 Å². The van der Waals surface area contributed by atoms with E-state index >= 15 is 0 Å². The Kier molecular flexibility index (Phi) is 4.20. The summed E-state index contributed by atoms with van der Waals surface area (Å²) in [4.78, 5) is 12.4. The SMILES string of the molecule is O=C(Cc1cccc(F)c1F)C1CC2CCCC(C1)S2=O. The highest BCUT2D eigenvalue weighted by Gasteiger charge is 2.40. The van der Waals surface area contributed by atoms with Crippen LogP contribution in [0.25, 0.3) is 0 Å². The number of carbonyl (C=O) groups is 1. The summed E-state index contributed by atoms with van der Waals surface area (Å²) in [7, 11) is -0.814. The Balaban J connectivity index is 1.71. The van der Waals surface area contributed by atoms with Crippen LogP contribution in [0.4, 0.5) is 8.78 Å². The molecule has 0 N–H and O–H groups in total. The Morgan fingerprint density at radius 3 is 2.52 bits per heavy atom. The van der Waals surface area contributed by atoms with Gasteiger partial charge in [-0.1, -0.05) is 18.6 Å². The molecule has 2 atom stereocenters. The molecule has 21 heavy (non-hydrogen) atoms. The molecule has 1 aromatic carbocycles. The van der Waals surface area contributed by atoms with Gasteiger partial charge in [0.15, 0.2) is 11.6 Å². The molecule has 0 saturated carbocycles. The van der Waals surface area contributed by atoms with Gasteiger partial charge >= 0.3 is 0 Å². The first kappa shape index (κ1) is 14.8. The van der Waals surface area contributed by atoms with Crippen LogP contribution in [0.5, 0.6) is 0 Å². The van der Waals surface area contributed by atoms with Gasteiger partial charge in [-0.2, -0.15) is 0 Å². The van der Waals surface area contributed by atoms with Crippen LogP contribution in [-0.4, -0.2) is 20.5 Å². The Morgan fingerprint density at radius 2 is 1.86 bits per heavy atom. The standard InChI is InChI=1S/C16H18F2O2S/c17-14-6-1-3-10(16(14)18)9-15(19)11-7-12-4-2-5-13(8-11)21(12)20/h1,3,6,11-13H,2,4-5,7-9H2. The van der Waals surface area contributed by atoms with E-state index in [-0.39, 0.29) is 34.2 Å². The lowest BCUT2D eigenvalue weighted by Gasteiger charge is -2.37. The molecule has 2 unspecified atom stereocenters. The largest absolute Gasteiger partial charge is 0.299 e. The smallest absolute Gasteiger partial charge is 0.162 e. The van der Waals surface area contributed by atoms with E-state index in [9.17, 15) is 17.8 Å². The van der Waals surface area contributed by atoms with Crippen molar-refractivity contribution >= 4 is 16.6 Å². The van der Waals surface area contributed by atoms with E-state index in [0.717, 1.165) is 25.3 Å². The molecule has 2 bridgehead atoms. The van der Waals surface area contributed by atoms with Crippen LogP contribution in [0.2, 0.25) is 0 Å². The lowest BCUT2D eigenvalue weighted by atomic mass is 9.85. The molecular weight excluding hydrogens is 294 g/mol. The Labute approximate surface area is 125 Å². The van der Waals surface area contributed by atoms with Crippen LogP contribution < -0.4 is 0 Å². The van der Waals surface area contributed by atoms with Crippen molar-refractivity contribution in [2.75, 3.05) is 0 Å². The molecule has 2 nitrogen and oxygen atoms in total. The van der Waals surface area contributed by atoms with Gasteiger partial charge in [0, 0.05) is 33.6 Å². The van der Waals surface area contributed by atoms with Crippen LogP contribution >= 0.6 is 0 Å². The van der Waals surface area contributed by atoms with Crippen molar-refractivity contribution in [3.8, 4) is 0 Å². The summed E-state index contributed by atoms with van der Waals surface area (Å²) in [5.41, 5.74) is 0.122. The van der Waals surface area contributed by atoms with Gasteiger partial charge in [-0.05, 0) is 37.3 Å². The predicted octanol–water partition coefficient (Wildman–Crippen LogP) is 3.16. The Bertz CT molecular complexity index is 572. The van der Waals surface area contributed by atoms with Crippen molar-refractivity contribution in [3.05, 3.63) is 35.4 Å².